The van der Waals surface area contributed by atoms with Crippen LogP contribution in [0.15, 0.2) is 12.1 Å². The summed E-state index contributed by atoms with van der Waals surface area (Å²) in [5.74, 6) is 2.69. The van der Waals surface area contributed by atoms with E-state index in [2.05, 4.69) is 20.8 Å². The number of methoxy groups -OCH3 is 3. The van der Waals surface area contributed by atoms with E-state index in [9.17, 15) is 0 Å². The minimum absolute atomic E-state index is 0.441. The summed E-state index contributed by atoms with van der Waals surface area (Å²) in [5, 5.41) is 0. The van der Waals surface area contributed by atoms with Crippen LogP contribution >= 0.6 is 0 Å². The van der Waals surface area contributed by atoms with Gasteiger partial charge in [-0.1, -0.05) is 20.8 Å². The number of ether oxygens (including phenoxy) is 3. The molecule has 104 valence electrons. The summed E-state index contributed by atoms with van der Waals surface area (Å²) in [7, 11) is 4.73. The van der Waals surface area contributed by atoms with E-state index in [1.165, 1.54) is 0 Å². The number of nitrogens with two attached hydrogens (primary N) is 1. The molecule has 0 aromatic heterocycles. The highest BCUT2D eigenvalue weighted by molar-refractivity contribution is 5.53. The molecule has 4 heteroatoms. The summed E-state index contributed by atoms with van der Waals surface area (Å²) in [4.78, 5) is 0. The molecule has 18 heavy (non-hydrogen) atoms. The SMILES string of the molecule is CC(C)C.COc1cc(CN)cc(OC)c1OC. The summed E-state index contributed by atoms with van der Waals surface area (Å²) in [6.07, 6.45) is 0. The highest BCUT2D eigenvalue weighted by atomic mass is 16.5. The van der Waals surface area contributed by atoms with Crippen LogP contribution < -0.4 is 19.9 Å². The van der Waals surface area contributed by atoms with Gasteiger partial charge in [0.1, 0.15) is 0 Å². The lowest BCUT2D eigenvalue weighted by molar-refractivity contribution is 0.324. The maximum atomic E-state index is 5.54. The summed E-state index contributed by atoms with van der Waals surface area (Å²) in [5.41, 5.74) is 6.48. The van der Waals surface area contributed by atoms with E-state index in [1.54, 1.807) is 21.3 Å². The molecule has 0 fully saturated rings. The number of hydrogen-bond donors (Lipinski definition) is 1. The fourth-order valence-corrected chi connectivity index (χ4v) is 1.25. The molecule has 0 saturated heterocycles. The van der Waals surface area contributed by atoms with Gasteiger partial charge in [0.2, 0.25) is 5.75 Å². The Labute approximate surface area is 110 Å². The minimum Gasteiger partial charge on any atom is -0.493 e. The average molecular weight is 255 g/mol. The van der Waals surface area contributed by atoms with Gasteiger partial charge in [-0.25, -0.2) is 0 Å². The van der Waals surface area contributed by atoms with Gasteiger partial charge in [0.15, 0.2) is 11.5 Å². The smallest absolute Gasteiger partial charge is 0.203 e. The molecule has 0 unspecified atom stereocenters. The molecule has 0 aliphatic rings. The average Bonchev–Trinajstić information content (AvgIpc) is 2.36. The van der Waals surface area contributed by atoms with Crippen molar-refractivity contribution in [1.82, 2.24) is 0 Å². The van der Waals surface area contributed by atoms with Crippen molar-refractivity contribution in [1.29, 1.82) is 0 Å². The van der Waals surface area contributed by atoms with Crippen LogP contribution in [0.25, 0.3) is 0 Å². The van der Waals surface area contributed by atoms with E-state index in [0.29, 0.717) is 23.8 Å². The molecule has 0 atom stereocenters. The Hall–Kier alpha value is -1.42. The van der Waals surface area contributed by atoms with Crippen LogP contribution in [-0.2, 0) is 6.54 Å². The molecule has 0 heterocycles. The Kier molecular flexibility index (Phi) is 7.96. The second-order valence-electron chi connectivity index (χ2n) is 4.47. The van der Waals surface area contributed by atoms with E-state index >= 15 is 0 Å². The van der Waals surface area contributed by atoms with Gasteiger partial charge in [-0.3, -0.25) is 0 Å². The van der Waals surface area contributed by atoms with Crippen LogP contribution in [0.4, 0.5) is 0 Å². The summed E-state index contributed by atoms with van der Waals surface area (Å²) < 4.78 is 15.5. The second kappa shape index (κ2) is 8.64. The maximum absolute atomic E-state index is 5.54. The molecule has 4 nitrogen and oxygen atoms in total. The van der Waals surface area contributed by atoms with Crippen molar-refractivity contribution in [2.75, 3.05) is 21.3 Å². The zero-order chi connectivity index (χ0) is 14.1. The minimum atomic E-state index is 0.441. The summed E-state index contributed by atoms with van der Waals surface area (Å²) in [6.45, 7) is 6.94. The second-order valence-corrected chi connectivity index (χ2v) is 4.47. The third-order valence-corrected chi connectivity index (χ3v) is 1.96. The van der Waals surface area contributed by atoms with Crippen LogP contribution in [0.3, 0.4) is 0 Å². The van der Waals surface area contributed by atoms with Crippen molar-refractivity contribution in [3.8, 4) is 17.2 Å². The van der Waals surface area contributed by atoms with Crippen LogP contribution in [0, 0.1) is 5.92 Å². The van der Waals surface area contributed by atoms with Gasteiger partial charge in [-0.2, -0.15) is 0 Å². The van der Waals surface area contributed by atoms with E-state index in [-0.39, 0.29) is 0 Å². The fraction of sp³-hybridized carbons (Fsp3) is 0.571. The van der Waals surface area contributed by atoms with Crippen LogP contribution in [0.5, 0.6) is 17.2 Å². The van der Waals surface area contributed by atoms with Gasteiger partial charge >= 0.3 is 0 Å². The Balaban J connectivity index is 0.000000631. The highest BCUT2D eigenvalue weighted by Gasteiger charge is 2.11. The van der Waals surface area contributed by atoms with Crippen molar-refractivity contribution in [3.05, 3.63) is 17.7 Å². The third kappa shape index (κ3) is 5.27. The molecular formula is C14H25NO3. The van der Waals surface area contributed by atoms with Crippen molar-refractivity contribution >= 4 is 0 Å². The first-order valence-electron chi connectivity index (χ1n) is 5.99. The zero-order valence-electron chi connectivity index (χ0n) is 12.2. The van der Waals surface area contributed by atoms with Crippen LogP contribution in [0.2, 0.25) is 0 Å². The van der Waals surface area contributed by atoms with E-state index in [1.807, 2.05) is 12.1 Å². The monoisotopic (exact) mass is 255 g/mol. The number of benzene rings is 1. The van der Waals surface area contributed by atoms with Gasteiger partial charge in [-0.05, 0) is 23.6 Å². The molecule has 1 rings (SSSR count). The molecule has 0 amide bonds. The Morgan fingerprint density at radius 3 is 1.56 bits per heavy atom. The Bertz CT molecular complexity index is 323. The lowest BCUT2D eigenvalue weighted by Gasteiger charge is -2.13. The standard InChI is InChI=1S/C10H15NO3.C4H10/c1-12-8-4-7(6-11)5-9(13-2)10(8)14-3;1-4(2)3/h4-5H,6,11H2,1-3H3;4H,1-3H3. The molecule has 0 saturated carbocycles. The quantitative estimate of drug-likeness (QED) is 0.899. The molecule has 0 aliphatic heterocycles. The predicted molar refractivity (Wildman–Crippen MR) is 74.5 cm³/mol. The molecule has 0 bridgehead atoms. The molecule has 0 radical (unpaired) electrons. The molecule has 1 aromatic carbocycles. The normalized spacial score (nSPS) is 9.56. The molecule has 0 spiro atoms. The van der Waals surface area contributed by atoms with Crippen molar-refractivity contribution in [2.45, 2.75) is 27.3 Å². The lowest BCUT2D eigenvalue weighted by atomic mass is 10.2. The van der Waals surface area contributed by atoms with Gasteiger partial charge in [0.05, 0.1) is 21.3 Å². The first-order valence-corrected chi connectivity index (χ1v) is 5.99. The van der Waals surface area contributed by atoms with E-state index in [4.69, 9.17) is 19.9 Å². The topological polar surface area (TPSA) is 53.7 Å². The van der Waals surface area contributed by atoms with Gasteiger partial charge in [0.25, 0.3) is 0 Å². The first-order chi connectivity index (χ1) is 8.49. The van der Waals surface area contributed by atoms with Crippen molar-refractivity contribution in [2.24, 2.45) is 11.7 Å². The van der Waals surface area contributed by atoms with Crippen LogP contribution in [0.1, 0.15) is 26.3 Å². The highest BCUT2D eigenvalue weighted by Crippen LogP contribution is 2.37. The van der Waals surface area contributed by atoms with Crippen molar-refractivity contribution in [3.63, 3.8) is 0 Å². The third-order valence-electron chi connectivity index (χ3n) is 1.96. The van der Waals surface area contributed by atoms with Gasteiger partial charge in [-0.15, -0.1) is 0 Å². The van der Waals surface area contributed by atoms with E-state index < -0.39 is 0 Å². The summed E-state index contributed by atoms with van der Waals surface area (Å²) >= 11 is 0. The Morgan fingerprint density at radius 2 is 1.33 bits per heavy atom. The summed E-state index contributed by atoms with van der Waals surface area (Å²) in [6, 6.07) is 3.67. The van der Waals surface area contributed by atoms with E-state index in [0.717, 1.165) is 11.5 Å². The van der Waals surface area contributed by atoms with Crippen molar-refractivity contribution < 1.29 is 14.2 Å². The fourth-order valence-electron chi connectivity index (χ4n) is 1.25. The maximum Gasteiger partial charge on any atom is 0.203 e. The Morgan fingerprint density at radius 1 is 0.944 bits per heavy atom. The lowest BCUT2D eigenvalue weighted by Crippen LogP contribution is -2.00. The molecule has 2 N–H and O–H groups in total. The molecule has 0 aliphatic carbocycles. The van der Waals surface area contributed by atoms with Gasteiger partial charge in [0, 0.05) is 6.54 Å². The molecular weight excluding hydrogens is 230 g/mol. The number of hydrogen-bond acceptors (Lipinski definition) is 4. The largest absolute Gasteiger partial charge is 0.493 e. The predicted octanol–water partition coefficient (Wildman–Crippen LogP) is 2.83. The molecule has 1 aromatic rings. The number of rotatable bonds is 4. The first kappa shape index (κ1) is 16.6. The van der Waals surface area contributed by atoms with Gasteiger partial charge < -0.3 is 19.9 Å². The zero-order valence-corrected chi connectivity index (χ0v) is 12.2. The van der Waals surface area contributed by atoms with Crippen LogP contribution in [-0.4, -0.2) is 21.3 Å².